The Morgan fingerprint density at radius 2 is 1.77 bits per heavy atom. The standard InChI is InChI=1S/C37H35Cl2N3O5S/c1-22-32(29(20-43)40-41(22)2)33-28(38)14-15-30-34(33)35(39)36(37(44)46-4)42(30)16-7-17-47-31-19-26(18-24-8-5-6-9-27(24)31)48-21-23-10-12-25(45-3)13-11-23/h5-6,8-15,18-19,43H,7,16-17,20-21H2,1-4H3. The van der Waals surface area contributed by atoms with Gasteiger partial charge in [-0.25, -0.2) is 4.79 Å². The van der Waals surface area contributed by atoms with E-state index in [1.54, 1.807) is 36.7 Å². The Morgan fingerprint density at radius 1 is 1.00 bits per heavy atom. The molecule has 0 bridgehead atoms. The van der Waals surface area contributed by atoms with Gasteiger partial charge in [-0.15, -0.1) is 11.8 Å². The van der Waals surface area contributed by atoms with Gasteiger partial charge in [-0.2, -0.15) is 5.10 Å². The van der Waals surface area contributed by atoms with Gasteiger partial charge in [-0.05, 0) is 60.7 Å². The molecule has 0 amide bonds. The summed E-state index contributed by atoms with van der Waals surface area (Å²) in [6.45, 7) is 2.44. The molecule has 48 heavy (non-hydrogen) atoms. The molecule has 11 heteroatoms. The monoisotopic (exact) mass is 703 g/mol. The summed E-state index contributed by atoms with van der Waals surface area (Å²) < 4.78 is 20.4. The van der Waals surface area contributed by atoms with Crippen LogP contribution < -0.4 is 9.47 Å². The lowest BCUT2D eigenvalue weighted by atomic mass is 9.99. The number of halogens is 2. The summed E-state index contributed by atoms with van der Waals surface area (Å²) in [4.78, 5) is 14.2. The van der Waals surface area contributed by atoms with Crippen LogP contribution in [0.5, 0.6) is 11.5 Å². The highest BCUT2D eigenvalue weighted by atomic mass is 35.5. The average molecular weight is 705 g/mol. The molecule has 0 saturated carbocycles. The van der Waals surface area contributed by atoms with Gasteiger partial charge in [0.2, 0.25) is 0 Å². The molecule has 0 radical (unpaired) electrons. The van der Waals surface area contributed by atoms with Gasteiger partial charge in [0.1, 0.15) is 17.2 Å². The summed E-state index contributed by atoms with van der Waals surface area (Å²) in [5.41, 5.74) is 4.72. The molecule has 4 aromatic carbocycles. The van der Waals surface area contributed by atoms with Crippen molar-refractivity contribution in [1.82, 2.24) is 14.3 Å². The van der Waals surface area contributed by atoms with Crippen molar-refractivity contribution in [2.24, 2.45) is 7.05 Å². The van der Waals surface area contributed by atoms with E-state index in [0.29, 0.717) is 52.3 Å². The van der Waals surface area contributed by atoms with Crippen LogP contribution in [-0.4, -0.2) is 46.2 Å². The molecule has 8 nitrogen and oxygen atoms in total. The molecule has 1 N–H and O–H groups in total. The minimum absolute atomic E-state index is 0.229. The molecule has 6 rings (SSSR count). The number of hydrogen-bond acceptors (Lipinski definition) is 7. The fraction of sp³-hybridized carbons (Fsp3) is 0.243. The second-order valence-electron chi connectivity index (χ2n) is 11.3. The maximum absolute atomic E-state index is 13.1. The summed E-state index contributed by atoms with van der Waals surface area (Å²) in [7, 11) is 4.80. The summed E-state index contributed by atoms with van der Waals surface area (Å²) in [6.07, 6.45) is 0.577. The lowest BCUT2D eigenvalue weighted by Crippen LogP contribution is -2.13. The Morgan fingerprint density at radius 3 is 2.50 bits per heavy atom. The molecular weight excluding hydrogens is 669 g/mol. The highest BCUT2D eigenvalue weighted by molar-refractivity contribution is 7.98. The third-order valence-corrected chi connectivity index (χ3v) is 10.2. The van der Waals surface area contributed by atoms with Gasteiger partial charge in [0.15, 0.2) is 0 Å². The van der Waals surface area contributed by atoms with Crippen molar-refractivity contribution in [1.29, 1.82) is 0 Å². The van der Waals surface area contributed by atoms with Crippen molar-refractivity contribution >= 4 is 62.6 Å². The summed E-state index contributed by atoms with van der Waals surface area (Å²) in [6, 6.07) is 24.2. The molecule has 0 aliphatic heterocycles. The van der Waals surface area contributed by atoms with E-state index in [1.807, 2.05) is 41.8 Å². The summed E-state index contributed by atoms with van der Waals surface area (Å²) in [5, 5.41) is 18.0. The van der Waals surface area contributed by atoms with Crippen molar-refractivity contribution in [3.05, 3.63) is 105 Å². The van der Waals surface area contributed by atoms with Crippen molar-refractivity contribution in [3.8, 4) is 22.6 Å². The van der Waals surface area contributed by atoms with E-state index in [-0.39, 0.29) is 17.3 Å². The molecule has 0 aliphatic carbocycles. The smallest absolute Gasteiger partial charge is 0.356 e. The molecule has 0 spiro atoms. The second-order valence-corrected chi connectivity index (χ2v) is 13.1. The topological polar surface area (TPSA) is 87.7 Å². The number of carbonyl (C=O) groups is 1. The number of rotatable bonds is 12. The van der Waals surface area contributed by atoms with E-state index in [9.17, 15) is 9.90 Å². The molecule has 0 aliphatic rings. The first-order valence-corrected chi connectivity index (χ1v) is 17.1. The number of hydrogen-bond donors (Lipinski definition) is 1. The SMILES string of the molecule is COC(=O)c1c(Cl)c2c(-c3c(CO)nn(C)c3C)c(Cl)ccc2n1CCCOc1cc(SCc2ccc(OC)cc2)cc2ccccc12. The van der Waals surface area contributed by atoms with Gasteiger partial charge in [0, 0.05) is 56.9 Å². The van der Waals surface area contributed by atoms with Crippen LogP contribution in [0.4, 0.5) is 0 Å². The van der Waals surface area contributed by atoms with E-state index in [4.69, 9.17) is 37.4 Å². The first-order valence-electron chi connectivity index (χ1n) is 15.4. The zero-order valence-corrected chi connectivity index (χ0v) is 29.4. The van der Waals surface area contributed by atoms with Crippen LogP contribution in [0.1, 0.15) is 33.9 Å². The van der Waals surface area contributed by atoms with E-state index in [2.05, 4.69) is 41.5 Å². The van der Waals surface area contributed by atoms with Gasteiger partial charge in [-0.3, -0.25) is 4.68 Å². The van der Waals surface area contributed by atoms with Crippen LogP contribution >= 0.6 is 35.0 Å². The Labute approximate surface area is 293 Å². The van der Waals surface area contributed by atoms with E-state index in [1.165, 1.54) is 12.7 Å². The second kappa shape index (κ2) is 14.5. The van der Waals surface area contributed by atoms with Gasteiger partial charge >= 0.3 is 5.97 Å². The van der Waals surface area contributed by atoms with Crippen molar-refractivity contribution in [2.75, 3.05) is 20.8 Å². The van der Waals surface area contributed by atoms with Crippen LogP contribution in [0.3, 0.4) is 0 Å². The number of aliphatic hydroxyl groups is 1. The third kappa shape index (κ3) is 6.48. The lowest BCUT2D eigenvalue weighted by Gasteiger charge is -2.14. The number of methoxy groups -OCH3 is 2. The highest BCUT2D eigenvalue weighted by Crippen LogP contribution is 2.44. The average Bonchev–Trinajstić information content (AvgIpc) is 3.56. The van der Waals surface area contributed by atoms with E-state index in [0.717, 1.165) is 38.6 Å². The summed E-state index contributed by atoms with van der Waals surface area (Å²) in [5.74, 6) is 1.88. The van der Waals surface area contributed by atoms with Gasteiger partial charge in [-0.1, -0.05) is 59.6 Å². The molecule has 0 saturated heterocycles. The number of aryl methyl sites for hydroxylation is 2. The number of carbonyl (C=O) groups excluding carboxylic acids is 1. The number of esters is 1. The fourth-order valence-corrected chi connectivity index (χ4v) is 7.55. The van der Waals surface area contributed by atoms with Crippen molar-refractivity contribution in [2.45, 2.75) is 37.1 Å². The number of aliphatic hydroxyl groups excluding tert-OH is 1. The maximum Gasteiger partial charge on any atom is 0.356 e. The zero-order chi connectivity index (χ0) is 33.9. The molecule has 2 aromatic heterocycles. The molecule has 0 atom stereocenters. The molecule has 0 unspecified atom stereocenters. The molecule has 2 heterocycles. The first kappa shape index (κ1) is 33.7. The molecule has 0 fully saturated rings. The number of nitrogens with zero attached hydrogens (tertiary/aromatic N) is 3. The highest BCUT2D eigenvalue weighted by Gasteiger charge is 2.28. The zero-order valence-electron chi connectivity index (χ0n) is 27.0. The Kier molecular flexibility index (Phi) is 10.2. The number of ether oxygens (including phenoxy) is 3. The Bertz CT molecular complexity index is 2120. The fourth-order valence-electron chi connectivity index (χ4n) is 6.00. The predicted molar refractivity (Wildman–Crippen MR) is 193 cm³/mol. The summed E-state index contributed by atoms with van der Waals surface area (Å²) >= 11 is 15.5. The van der Waals surface area contributed by atoms with Crippen LogP contribution in [0.25, 0.3) is 32.8 Å². The van der Waals surface area contributed by atoms with Gasteiger partial charge in [0.05, 0.1) is 43.7 Å². The number of fused-ring (bicyclic) bond motifs is 2. The van der Waals surface area contributed by atoms with Crippen molar-refractivity contribution < 1.29 is 24.1 Å². The van der Waals surface area contributed by atoms with E-state index >= 15 is 0 Å². The third-order valence-electron chi connectivity index (χ3n) is 8.45. The minimum Gasteiger partial charge on any atom is -0.497 e. The maximum atomic E-state index is 13.1. The van der Waals surface area contributed by atoms with Crippen LogP contribution in [0.2, 0.25) is 10.0 Å². The number of aromatic nitrogens is 3. The Balaban J connectivity index is 1.28. The van der Waals surface area contributed by atoms with Crippen LogP contribution in [0, 0.1) is 6.92 Å². The number of thioether (sulfide) groups is 1. The minimum atomic E-state index is -0.558. The van der Waals surface area contributed by atoms with Crippen LogP contribution in [0.15, 0.2) is 77.7 Å². The van der Waals surface area contributed by atoms with E-state index < -0.39 is 5.97 Å². The normalized spacial score (nSPS) is 11.4. The molecule has 248 valence electrons. The lowest BCUT2D eigenvalue weighted by molar-refractivity contribution is 0.0588. The molecular formula is C37H35Cl2N3O5S. The van der Waals surface area contributed by atoms with Gasteiger partial charge in [0.25, 0.3) is 0 Å². The molecule has 6 aromatic rings. The van der Waals surface area contributed by atoms with Crippen LogP contribution in [-0.2, 0) is 30.7 Å². The largest absolute Gasteiger partial charge is 0.497 e. The quantitative estimate of drug-likeness (QED) is 0.0774. The van der Waals surface area contributed by atoms with Crippen molar-refractivity contribution in [3.63, 3.8) is 0 Å². The Hall–Kier alpha value is -4.15. The van der Waals surface area contributed by atoms with Gasteiger partial charge < -0.3 is 23.9 Å². The first-order chi connectivity index (χ1) is 23.2. The predicted octanol–water partition coefficient (Wildman–Crippen LogP) is 8.86. The number of benzene rings is 4.